The molecule has 16 heavy (non-hydrogen) atoms. The molecule has 0 saturated carbocycles. The highest BCUT2D eigenvalue weighted by molar-refractivity contribution is 5.04. The number of hydrogen-bond acceptors (Lipinski definition) is 4. The first-order valence-electron chi connectivity index (χ1n) is 5.61. The van der Waals surface area contributed by atoms with Crippen LogP contribution in [0.4, 0.5) is 0 Å². The monoisotopic (exact) mass is 221 g/mol. The van der Waals surface area contributed by atoms with Crippen molar-refractivity contribution in [1.29, 1.82) is 5.26 Å². The van der Waals surface area contributed by atoms with Gasteiger partial charge in [0.15, 0.2) is 0 Å². The second-order valence-electron chi connectivity index (χ2n) is 4.30. The number of nitrogens with one attached hydrogen (secondary N) is 1. The number of nitrogens with zero attached hydrogens (tertiary/aromatic N) is 4. The predicted octanol–water partition coefficient (Wildman–Crippen LogP) is 1.51. The second-order valence-corrected chi connectivity index (χ2v) is 4.30. The summed E-state index contributed by atoms with van der Waals surface area (Å²) in [7, 11) is 0. The van der Waals surface area contributed by atoms with Gasteiger partial charge in [-0.15, -0.1) is 0 Å². The van der Waals surface area contributed by atoms with Crippen molar-refractivity contribution in [2.75, 3.05) is 6.54 Å². The summed E-state index contributed by atoms with van der Waals surface area (Å²) >= 11 is 0. The standard InChI is InChI=1S/C11H19N5/c1-4-5-14-11(3,7-12)6-10(2)16-9-13-8-15-16/h8-10,14H,4-6H2,1-3H3. The fourth-order valence-corrected chi connectivity index (χ4v) is 1.69. The molecular weight excluding hydrogens is 202 g/mol. The van der Waals surface area contributed by atoms with Gasteiger partial charge in [0.1, 0.15) is 18.2 Å². The van der Waals surface area contributed by atoms with Gasteiger partial charge in [-0.2, -0.15) is 10.4 Å². The third-order valence-corrected chi connectivity index (χ3v) is 2.60. The largest absolute Gasteiger partial charge is 0.300 e. The Hall–Kier alpha value is -1.41. The van der Waals surface area contributed by atoms with Crippen LogP contribution in [0.25, 0.3) is 0 Å². The van der Waals surface area contributed by atoms with Crippen LogP contribution in [-0.4, -0.2) is 26.8 Å². The Morgan fingerprint density at radius 1 is 1.62 bits per heavy atom. The average Bonchev–Trinajstić information content (AvgIpc) is 2.80. The van der Waals surface area contributed by atoms with Gasteiger partial charge in [-0.25, -0.2) is 4.98 Å². The Balaban J connectivity index is 2.59. The molecule has 2 atom stereocenters. The fourth-order valence-electron chi connectivity index (χ4n) is 1.69. The molecule has 88 valence electrons. The van der Waals surface area contributed by atoms with Crippen molar-refractivity contribution in [2.45, 2.75) is 45.2 Å². The molecule has 0 fully saturated rings. The molecule has 0 spiro atoms. The Morgan fingerprint density at radius 2 is 2.38 bits per heavy atom. The first-order valence-corrected chi connectivity index (χ1v) is 5.61. The molecule has 5 heteroatoms. The summed E-state index contributed by atoms with van der Waals surface area (Å²) in [6.45, 7) is 6.91. The molecule has 5 nitrogen and oxygen atoms in total. The van der Waals surface area contributed by atoms with Crippen molar-refractivity contribution in [1.82, 2.24) is 20.1 Å². The molecule has 0 aliphatic rings. The molecular formula is C11H19N5. The van der Waals surface area contributed by atoms with Crippen LogP contribution >= 0.6 is 0 Å². The summed E-state index contributed by atoms with van der Waals surface area (Å²) < 4.78 is 1.78. The molecule has 1 aromatic rings. The molecule has 0 aliphatic carbocycles. The summed E-state index contributed by atoms with van der Waals surface area (Å²) in [5.41, 5.74) is -0.499. The first-order chi connectivity index (χ1) is 7.61. The van der Waals surface area contributed by atoms with E-state index in [1.165, 1.54) is 6.33 Å². The van der Waals surface area contributed by atoms with Crippen molar-refractivity contribution >= 4 is 0 Å². The molecule has 2 unspecified atom stereocenters. The van der Waals surface area contributed by atoms with Gasteiger partial charge in [0, 0.05) is 6.42 Å². The van der Waals surface area contributed by atoms with E-state index < -0.39 is 5.54 Å². The second kappa shape index (κ2) is 5.61. The maximum Gasteiger partial charge on any atom is 0.137 e. The number of aromatic nitrogens is 3. The summed E-state index contributed by atoms with van der Waals surface area (Å²) in [5.74, 6) is 0. The van der Waals surface area contributed by atoms with Crippen molar-refractivity contribution in [2.24, 2.45) is 0 Å². The van der Waals surface area contributed by atoms with Gasteiger partial charge in [-0.1, -0.05) is 6.92 Å². The van der Waals surface area contributed by atoms with Crippen molar-refractivity contribution < 1.29 is 0 Å². The maximum atomic E-state index is 9.20. The molecule has 0 aliphatic heterocycles. The number of rotatable bonds is 6. The Labute approximate surface area is 96.5 Å². The predicted molar refractivity (Wildman–Crippen MR) is 61.7 cm³/mol. The van der Waals surface area contributed by atoms with Gasteiger partial charge in [0.2, 0.25) is 0 Å². The van der Waals surface area contributed by atoms with Gasteiger partial charge in [-0.05, 0) is 26.8 Å². The topological polar surface area (TPSA) is 66.5 Å². The van der Waals surface area contributed by atoms with Crippen LogP contribution in [0.15, 0.2) is 12.7 Å². The van der Waals surface area contributed by atoms with Gasteiger partial charge in [0.05, 0.1) is 12.1 Å². The fraction of sp³-hybridized carbons (Fsp3) is 0.727. The van der Waals surface area contributed by atoms with Gasteiger partial charge in [-0.3, -0.25) is 10.00 Å². The number of nitriles is 1. The van der Waals surface area contributed by atoms with Crippen molar-refractivity contribution in [3.8, 4) is 6.07 Å². The van der Waals surface area contributed by atoms with Gasteiger partial charge in [0.25, 0.3) is 0 Å². The van der Waals surface area contributed by atoms with E-state index in [-0.39, 0.29) is 6.04 Å². The van der Waals surface area contributed by atoms with Crippen LogP contribution in [0.5, 0.6) is 0 Å². The van der Waals surface area contributed by atoms with E-state index in [2.05, 4.69) is 28.4 Å². The van der Waals surface area contributed by atoms with E-state index >= 15 is 0 Å². The SMILES string of the molecule is CCCNC(C)(C#N)CC(C)n1cncn1. The lowest BCUT2D eigenvalue weighted by atomic mass is 9.95. The van der Waals surface area contributed by atoms with Gasteiger partial charge >= 0.3 is 0 Å². The zero-order chi connectivity index (χ0) is 12.0. The molecule has 1 rings (SSSR count). The Bertz CT molecular complexity index is 340. The molecule has 0 bridgehead atoms. The van der Waals surface area contributed by atoms with Crippen LogP contribution in [-0.2, 0) is 0 Å². The first kappa shape index (κ1) is 12.7. The van der Waals surface area contributed by atoms with E-state index in [1.807, 2.05) is 13.8 Å². The van der Waals surface area contributed by atoms with Crippen LogP contribution in [0, 0.1) is 11.3 Å². The third kappa shape index (κ3) is 3.31. The minimum absolute atomic E-state index is 0.163. The minimum Gasteiger partial charge on any atom is -0.300 e. The smallest absolute Gasteiger partial charge is 0.137 e. The normalized spacial score (nSPS) is 16.4. The van der Waals surface area contributed by atoms with Crippen LogP contribution in [0.1, 0.15) is 39.7 Å². The van der Waals surface area contributed by atoms with E-state index in [9.17, 15) is 5.26 Å². The van der Waals surface area contributed by atoms with Crippen LogP contribution in [0.2, 0.25) is 0 Å². The van der Waals surface area contributed by atoms with Crippen LogP contribution < -0.4 is 5.32 Å². The summed E-state index contributed by atoms with van der Waals surface area (Å²) in [6.07, 6.45) is 4.93. The Morgan fingerprint density at radius 3 is 2.88 bits per heavy atom. The summed E-state index contributed by atoms with van der Waals surface area (Å²) in [5, 5.41) is 16.5. The van der Waals surface area contributed by atoms with E-state index in [0.29, 0.717) is 6.42 Å². The lowest BCUT2D eigenvalue weighted by molar-refractivity contribution is 0.333. The third-order valence-electron chi connectivity index (χ3n) is 2.60. The molecule has 1 heterocycles. The molecule has 0 amide bonds. The minimum atomic E-state index is -0.499. The van der Waals surface area contributed by atoms with Crippen LogP contribution in [0.3, 0.4) is 0 Å². The summed E-state index contributed by atoms with van der Waals surface area (Å²) in [6, 6.07) is 2.50. The highest BCUT2D eigenvalue weighted by Gasteiger charge is 2.26. The van der Waals surface area contributed by atoms with Crippen molar-refractivity contribution in [3.63, 3.8) is 0 Å². The number of hydrogen-bond donors (Lipinski definition) is 1. The molecule has 0 aromatic carbocycles. The molecule has 1 aromatic heterocycles. The van der Waals surface area contributed by atoms with E-state index in [1.54, 1.807) is 11.0 Å². The lowest BCUT2D eigenvalue weighted by Crippen LogP contribution is -2.43. The molecule has 0 radical (unpaired) electrons. The maximum absolute atomic E-state index is 9.20. The highest BCUT2D eigenvalue weighted by atomic mass is 15.3. The highest BCUT2D eigenvalue weighted by Crippen LogP contribution is 2.19. The lowest BCUT2D eigenvalue weighted by Gasteiger charge is -2.26. The molecule has 1 N–H and O–H groups in total. The molecule has 0 saturated heterocycles. The average molecular weight is 221 g/mol. The van der Waals surface area contributed by atoms with Crippen molar-refractivity contribution in [3.05, 3.63) is 12.7 Å². The zero-order valence-electron chi connectivity index (χ0n) is 10.1. The van der Waals surface area contributed by atoms with Gasteiger partial charge < -0.3 is 0 Å². The van der Waals surface area contributed by atoms with E-state index in [0.717, 1.165) is 13.0 Å². The quantitative estimate of drug-likeness (QED) is 0.790. The van der Waals surface area contributed by atoms with E-state index in [4.69, 9.17) is 0 Å². The Kier molecular flexibility index (Phi) is 4.44. The zero-order valence-corrected chi connectivity index (χ0v) is 10.1. The summed E-state index contributed by atoms with van der Waals surface area (Å²) in [4.78, 5) is 3.91.